The van der Waals surface area contributed by atoms with Gasteiger partial charge < -0.3 is 24.0 Å². The Morgan fingerprint density at radius 3 is 2.35 bits per heavy atom. The molecule has 1 saturated heterocycles. The Balaban J connectivity index is 1.67. The van der Waals surface area contributed by atoms with Crippen LogP contribution in [0, 0.1) is 0 Å². The lowest BCUT2D eigenvalue weighted by Crippen LogP contribution is -3.27. The molecule has 6 heteroatoms. The molecule has 0 amide bonds. The van der Waals surface area contributed by atoms with E-state index in [0.29, 0.717) is 5.75 Å². The summed E-state index contributed by atoms with van der Waals surface area (Å²) in [5.74, 6) is 1.06. The van der Waals surface area contributed by atoms with Crippen molar-refractivity contribution in [3.63, 3.8) is 0 Å². The van der Waals surface area contributed by atoms with Crippen molar-refractivity contribution in [3.8, 4) is 11.5 Å². The molecule has 0 spiro atoms. The second-order valence-corrected chi connectivity index (χ2v) is 6.18. The molecule has 128 valence electrons. The number of quaternary nitrogens is 2. The van der Waals surface area contributed by atoms with Crippen molar-refractivity contribution < 1.29 is 28.8 Å². The number of hydrogen-bond donors (Lipinski definition) is 2. The van der Waals surface area contributed by atoms with Crippen LogP contribution < -0.4 is 19.3 Å². The molecule has 1 heterocycles. The minimum Gasteiger partial charge on any atom is -0.497 e. The van der Waals surface area contributed by atoms with Gasteiger partial charge in [0.2, 0.25) is 0 Å². The van der Waals surface area contributed by atoms with Gasteiger partial charge in [-0.05, 0) is 31.2 Å². The van der Waals surface area contributed by atoms with Crippen molar-refractivity contribution in [2.75, 3.05) is 53.5 Å². The summed E-state index contributed by atoms with van der Waals surface area (Å²) in [5.41, 5.74) is 0. The third kappa shape index (κ3) is 6.08. The average Bonchev–Trinajstić information content (AvgIpc) is 2.55. The first-order chi connectivity index (χ1) is 11.1. The van der Waals surface area contributed by atoms with Crippen LogP contribution in [0.15, 0.2) is 24.3 Å². The van der Waals surface area contributed by atoms with Gasteiger partial charge in [0.15, 0.2) is 6.61 Å². The van der Waals surface area contributed by atoms with Crippen molar-refractivity contribution in [3.05, 3.63) is 24.3 Å². The third-order valence-corrected chi connectivity index (χ3v) is 4.14. The van der Waals surface area contributed by atoms with Gasteiger partial charge >= 0.3 is 5.97 Å². The summed E-state index contributed by atoms with van der Waals surface area (Å²) in [6, 6.07) is 7.13. The maximum Gasteiger partial charge on any atom is 0.344 e. The van der Waals surface area contributed by atoms with Gasteiger partial charge in [0.05, 0.1) is 14.2 Å². The van der Waals surface area contributed by atoms with E-state index in [9.17, 15) is 4.79 Å². The van der Waals surface area contributed by atoms with Crippen molar-refractivity contribution in [1.29, 1.82) is 0 Å². The zero-order valence-electron chi connectivity index (χ0n) is 14.3. The van der Waals surface area contributed by atoms with E-state index in [1.165, 1.54) is 18.0 Å². The van der Waals surface area contributed by atoms with Gasteiger partial charge in [-0.3, -0.25) is 0 Å². The lowest BCUT2D eigenvalue weighted by molar-refractivity contribution is -1.00. The maximum atomic E-state index is 11.9. The predicted molar refractivity (Wildman–Crippen MR) is 86.2 cm³/mol. The van der Waals surface area contributed by atoms with Gasteiger partial charge in [-0.1, -0.05) is 0 Å². The molecular weight excluding hydrogens is 296 g/mol. The first-order valence-electron chi connectivity index (χ1n) is 8.18. The number of carbonyl (C=O) groups is 1. The molecule has 0 saturated carbocycles. The van der Waals surface area contributed by atoms with Crippen molar-refractivity contribution in [1.82, 2.24) is 0 Å². The Hall–Kier alpha value is -1.79. The van der Waals surface area contributed by atoms with Gasteiger partial charge in [0.25, 0.3) is 0 Å². The van der Waals surface area contributed by atoms with Crippen LogP contribution in [0.3, 0.4) is 0 Å². The number of nitrogens with one attached hydrogen (secondary N) is 2. The van der Waals surface area contributed by atoms with Crippen LogP contribution in [0.1, 0.15) is 6.92 Å². The number of likely N-dealkylation sites (N-methyl/N-ethyl adjacent to an activating group) is 1. The van der Waals surface area contributed by atoms with Crippen LogP contribution in [-0.4, -0.2) is 65.6 Å². The first kappa shape index (κ1) is 17.6. The molecule has 2 rings (SSSR count). The van der Waals surface area contributed by atoms with Gasteiger partial charge in [-0.15, -0.1) is 0 Å². The van der Waals surface area contributed by atoms with Crippen LogP contribution in [-0.2, 0) is 9.53 Å². The summed E-state index contributed by atoms with van der Waals surface area (Å²) in [7, 11) is 3.83. The Labute approximate surface area is 137 Å². The number of benzene rings is 1. The fourth-order valence-corrected chi connectivity index (χ4v) is 2.76. The highest BCUT2D eigenvalue weighted by molar-refractivity contribution is 5.71. The van der Waals surface area contributed by atoms with E-state index >= 15 is 0 Å². The second-order valence-electron chi connectivity index (χ2n) is 6.18. The molecule has 1 atom stereocenters. The van der Waals surface area contributed by atoms with E-state index in [1.54, 1.807) is 36.3 Å². The molecule has 1 fully saturated rings. The topological polar surface area (TPSA) is 53.6 Å². The van der Waals surface area contributed by atoms with Crippen molar-refractivity contribution in [2.45, 2.75) is 13.0 Å². The molecule has 1 aromatic rings. The second kappa shape index (κ2) is 8.74. The fourth-order valence-electron chi connectivity index (χ4n) is 2.76. The van der Waals surface area contributed by atoms with Gasteiger partial charge in [-0.25, -0.2) is 4.79 Å². The molecule has 6 nitrogen and oxygen atoms in total. The standard InChI is InChI=1S/C17H26N2O4/c1-14(12-19-10-8-18(2)9-11-19)23-17(20)13-22-16-6-4-15(21-3)5-7-16/h4-7,14H,8-13H2,1-3H3/p+2/t14-/m1/s1. The smallest absolute Gasteiger partial charge is 0.344 e. The summed E-state index contributed by atoms with van der Waals surface area (Å²) in [5, 5.41) is 0. The molecule has 0 aromatic heterocycles. The Morgan fingerprint density at radius 2 is 1.74 bits per heavy atom. The van der Waals surface area contributed by atoms with Gasteiger partial charge in [0.1, 0.15) is 50.3 Å². The molecule has 1 aliphatic rings. The zero-order chi connectivity index (χ0) is 16.7. The summed E-state index contributed by atoms with van der Waals surface area (Å²) in [4.78, 5) is 14.9. The lowest BCUT2D eigenvalue weighted by atomic mass is 10.3. The lowest BCUT2D eigenvalue weighted by Gasteiger charge is -2.28. The summed E-state index contributed by atoms with van der Waals surface area (Å²) < 4.78 is 15.9. The summed E-state index contributed by atoms with van der Waals surface area (Å²) >= 11 is 0. The Kier molecular flexibility index (Phi) is 6.67. The summed E-state index contributed by atoms with van der Waals surface area (Å²) in [6.07, 6.45) is -0.0876. The average molecular weight is 324 g/mol. The number of rotatable bonds is 7. The first-order valence-corrected chi connectivity index (χ1v) is 8.18. The highest BCUT2D eigenvalue weighted by atomic mass is 16.6. The number of hydrogen-bond acceptors (Lipinski definition) is 4. The van der Waals surface area contributed by atoms with E-state index in [4.69, 9.17) is 14.2 Å². The zero-order valence-corrected chi connectivity index (χ0v) is 14.3. The monoisotopic (exact) mass is 324 g/mol. The van der Waals surface area contributed by atoms with Crippen LogP contribution in [0.4, 0.5) is 0 Å². The number of esters is 1. The van der Waals surface area contributed by atoms with E-state index in [-0.39, 0.29) is 18.7 Å². The Morgan fingerprint density at radius 1 is 1.13 bits per heavy atom. The number of carbonyl (C=O) groups excluding carboxylic acids is 1. The van der Waals surface area contributed by atoms with Crippen molar-refractivity contribution in [2.24, 2.45) is 0 Å². The van der Waals surface area contributed by atoms with E-state index < -0.39 is 0 Å². The number of methoxy groups -OCH3 is 1. The van der Waals surface area contributed by atoms with E-state index in [0.717, 1.165) is 25.4 Å². The highest BCUT2D eigenvalue weighted by Crippen LogP contribution is 2.16. The minimum absolute atomic E-state index is 0.0705. The quantitative estimate of drug-likeness (QED) is 0.595. The van der Waals surface area contributed by atoms with Gasteiger partial charge in [0, 0.05) is 0 Å². The van der Waals surface area contributed by atoms with Crippen LogP contribution in [0.2, 0.25) is 0 Å². The molecule has 0 unspecified atom stereocenters. The minimum atomic E-state index is -0.326. The molecule has 1 aromatic carbocycles. The largest absolute Gasteiger partial charge is 0.497 e. The molecule has 0 aliphatic carbocycles. The van der Waals surface area contributed by atoms with Crippen LogP contribution >= 0.6 is 0 Å². The third-order valence-electron chi connectivity index (χ3n) is 4.14. The summed E-state index contributed by atoms with van der Waals surface area (Å²) in [6.45, 7) is 7.36. The molecule has 23 heavy (non-hydrogen) atoms. The van der Waals surface area contributed by atoms with Gasteiger partial charge in [-0.2, -0.15) is 0 Å². The fraction of sp³-hybridized carbons (Fsp3) is 0.588. The maximum absolute atomic E-state index is 11.9. The van der Waals surface area contributed by atoms with Crippen LogP contribution in [0.25, 0.3) is 0 Å². The molecule has 0 radical (unpaired) electrons. The number of ether oxygens (including phenoxy) is 3. The SMILES string of the molecule is COc1ccc(OCC(=O)O[C@H](C)C[NH+]2CC[NH+](C)CC2)cc1. The molecule has 0 bridgehead atoms. The molecule has 2 N–H and O–H groups in total. The number of piperazine rings is 1. The highest BCUT2D eigenvalue weighted by Gasteiger charge is 2.23. The van der Waals surface area contributed by atoms with Crippen LogP contribution in [0.5, 0.6) is 11.5 Å². The van der Waals surface area contributed by atoms with E-state index in [1.807, 2.05) is 6.92 Å². The molecule has 1 aliphatic heterocycles. The van der Waals surface area contributed by atoms with Crippen molar-refractivity contribution >= 4 is 5.97 Å². The predicted octanol–water partition coefficient (Wildman–Crippen LogP) is -1.58. The Bertz CT molecular complexity index is 484. The normalized spacial score (nSPS) is 22.2. The molecular formula is C17H28N2O4+2. The van der Waals surface area contributed by atoms with E-state index in [2.05, 4.69) is 7.05 Å².